The monoisotopic (exact) mass is 371 g/mol. The fourth-order valence-corrected chi connectivity index (χ4v) is 2.18. The van der Waals surface area contributed by atoms with Gasteiger partial charge in [-0.2, -0.15) is 0 Å². The van der Waals surface area contributed by atoms with Crippen LogP contribution in [-0.4, -0.2) is 7.05 Å². The maximum absolute atomic E-state index is 14.0. The molecule has 4 heteroatoms. The van der Waals surface area contributed by atoms with Gasteiger partial charge in [-0.15, -0.1) is 0 Å². The van der Waals surface area contributed by atoms with Crippen LogP contribution >= 0.6 is 22.6 Å². The second kappa shape index (κ2) is 6.34. The Morgan fingerprint density at radius 2 is 1.89 bits per heavy atom. The van der Waals surface area contributed by atoms with Crippen molar-refractivity contribution in [2.24, 2.45) is 0 Å². The van der Waals surface area contributed by atoms with E-state index in [1.54, 1.807) is 6.07 Å². The van der Waals surface area contributed by atoms with Crippen LogP contribution in [0.3, 0.4) is 0 Å². The van der Waals surface area contributed by atoms with E-state index in [1.807, 2.05) is 44.3 Å². The molecule has 0 fully saturated rings. The van der Waals surface area contributed by atoms with E-state index in [1.165, 1.54) is 6.07 Å². The smallest absolute Gasteiger partial charge is 0.166 e. The standard InChI is InChI=1S/C15H15FINO/c1-10(18-2)11-7-8-14(12(16)9-11)19-15-6-4-3-5-13(15)17/h3-10,18H,1-2H3. The van der Waals surface area contributed by atoms with Crippen molar-refractivity contribution >= 4 is 22.6 Å². The van der Waals surface area contributed by atoms with Gasteiger partial charge in [-0.25, -0.2) is 4.39 Å². The van der Waals surface area contributed by atoms with Crippen LogP contribution in [0.2, 0.25) is 0 Å². The van der Waals surface area contributed by atoms with E-state index in [-0.39, 0.29) is 17.6 Å². The lowest BCUT2D eigenvalue weighted by Crippen LogP contribution is -2.12. The molecule has 1 atom stereocenters. The van der Waals surface area contributed by atoms with E-state index >= 15 is 0 Å². The molecule has 2 rings (SSSR count). The van der Waals surface area contributed by atoms with Gasteiger partial charge < -0.3 is 10.1 Å². The van der Waals surface area contributed by atoms with Crippen molar-refractivity contribution in [3.8, 4) is 11.5 Å². The lowest BCUT2D eigenvalue weighted by atomic mass is 10.1. The van der Waals surface area contributed by atoms with Crippen molar-refractivity contribution < 1.29 is 9.13 Å². The summed E-state index contributed by atoms with van der Waals surface area (Å²) in [5.41, 5.74) is 0.898. The van der Waals surface area contributed by atoms with Crippen molar-refractivity contribution in [2.45, 2.75) is 13.0 Å². The molecule has 2 nitrogen and oxygen atoms in total. The zero-order valence-electron chi connectivity index (χ0n) is 10.8. The SMILES string of the molecule is CNC(C)c1ccc(Oc2ccccc2I)c(F)c1. The minimum absolute atomic E-state index is 0.111. The van der Waals surface area contributed by atoms with Crippen LogP contribution in [0.5, 0.6) is 11.5 Å². The van der Waals surface area contributed by atoms with Gasteiger partial charge >= 0.3 is 0 Å². The highest BCUT2D eigenvalue weighted by Crippen LogP contribution is 2.29. The first-order valence-corrected chi connectivity index (χ1v) is 7.09. The average Bonchev–Trinajstić information content (AvgIpc) is 2.42. The Bertz CT molecular complexity index is 574. The highest BCUT2D eigenvalue weighted by Gasteiger charge is 2.10. The molecule has 1 N–H and O–H groups in total. The first-order chi connectivity index (χ1) is 9.11. The van der Waals surface area contributed by atoms with E-state index < -0.39 is 0 Å². The van der Waals surface area contributed by atoms with Crippen LogP contribution < -0.4 is 10.1 Å². The zero-order valence-corrected chi connectivity index (χ0v) is 12.9. The third kappa shape index (κ3) is 3.45. The highest BCUT2D eigenvalue weighted by atomic mass is 127. The molecule has 0 heterocycles. The number of hydrogen-bond donors (Lipinski definition) is 1. The Balaban J connectivity index is 2.25. The quantitative estimate of drug-likeness (QED) is 0.799. The molecule has 1 unspecified atom stereocenters. The molecule has 0 amide bonds. The first-order valence-electron chi connectivity index (χ1n) is 6.01. The summed E-state index contributed by atoms with van der Waals surface area (Å²) in [7, 11) is 1.85. The summed E-state index contributed by atoms with van der Waals surface area (Å²) in [5.74, 6) is 0.562. The van der Waals surface area contributed by atoms with Crippen molar-refractivity contribution in [2.75, 3.05) is 7.05 Å². The molecule has 0 saturated carbocycles. The third-order valence-corrected chi connectivity index (χ3v) is 3.84. The van der Waals surface area contributed by atoms with E-state index in [2.05, 4.69) is 27.9 Å². The van der Waals surface area contributed by atoms with E-state index in [0.717, 1.165) is 9.13 Å². The number of ether oxygens (including phenoxy) is 1. The lowest BCUT2D eigenvalue weighted by Gasteiger charge is -2.13. The highest BCUT2D eigenvalue weighted by molar-refractivity contribution is 14.1. The lowest BCUT2D eigenvalue weighted by molar-refractivity contribution is 0.438. The Morgan fingerprint density at radius 1 is 1.16 bits per heavy atom. The van der Waals surface area contributed by atoms with Crippen molar-refractivity contribution in [1.29, 1.82) is 0 Å². The molecule has 2 aromatic carbocycles. The van der Waals surface area contributed by atoms with Gasteiger partial charge in [0.2, 0.25) is 0 Å². The molecule has 0 aliphatic heterocycles. The maximum atomic E-state index is 14.0. The summed E-state index contributed by atoms with van der Waals surface area (Å²) >= 11 is 2.16. The van der Waals surface area contributed by atoms with Crippen molar-refractivity contribution in [3.05, 3.63) is 57.4 Å². The van der Waals surface area contributed by atoms with Crippen LogP contribution in [0.4, 0.5) is 4.39 Å². The minimum Gasteiger partial charge on any atom is -0.453 e. The molecule has 100 valence electrons. The summed E-state index contributed by atoms with van der Waals surface area (Å²) in [6, 6.07) is 12.7. The zero-order chi connectivity index (χ0) is 13.8. The summed E-state index contributed by atoms with van der Waals surface area (Å²) in [6.07, 6.45) is 0. The van der Waals surface area contributed by atoms with E-state index in [4.69, 9.17) is 4.74 Å². The second-order valence-electron chi connectivity index (χ2n) is 4.23. The molecular formula is C15H15FINO. The number of rotatable bonds is 4. The van der Waals surface area contributed by atoms with Gasteiger partial charge in [0.15, 0.2) is 11.6 Å². The summed E-state index contributed by atoms with van der Waals surface area (Å²) in [4.78, 5) is 0. The average molecular weight is 371 g/mol. The van der Waals surface area contributed by atoms with Gasteiger partial charge in [0.05, 0.1) is 3.57 Å². The largest absolute Gasteiger partial charge is 0.453 e. The predicted octanol–water partition coefficient (Wildman–Crippen LogP) is 4.50. The second-order valence-corrected chi connectivity index (χ2v) is 5.39. The fourth-order valence-electron chi connectivity index (χ4n) is 1.68. The Kier molecular flexibility index (Phi) is 4.76. The molecular weight excluding hydrogens is 356 g/mol. The van der Waals surface area contributed by atoms with Gasteiger partial charge in [0, 0.05) is 6.04 Å². The molecule has 0 radical (unpaired) electrons. The predicted molar refractivity (Wildman–Crippen MR) is 83.1 cm³/mol. The molecule has 0 aliphatic carbocycles. The fraction of sp³-hybridized carbons (Fsp3) is 0.200. The van der Waals surface area contributed by atoms with Crippen molar-refractivity contribution in [3.63, 3.8) is 0 Å². The third-order valence-electron chi connectivity index (χ3n) is 2.95. The van der Waals surface area contributed by atoms with Crippen LogP contribution in [0.25, 0.3) is 0 Å². The summed E-state index contributed by atoms with van der Waals surface area (Å²) in [5, 5.41) is 3.08. The van der Waals surface area contributed by atoms with E-state index in [9.17, 15) is 4.39 Å². The Labute approximate surface area is 126 Å². The molecule has 2 aromatic rings. The topological polar surface area (TPSA) is 21.3 Å². The van der Waals surface area contributed by atoms with Crippen LogP contribution in [0.1, 0.15) is 18.5 Å². The number of para-hydroxylation sites is 1. The summed E-state index contributed by atoms with van der Waals surface area (Å²) < 4.78 is 20.6. The number of halogens is 2. The van der Waals surface area contributed by atoms with Gasteiger partial charge in [0.25, 0.3) is 0 Å². The Morgan fingerprint density at radius 3 is 2.53 bits per heavy atom. The minimum atomic E-state index is -0.348. The normalized spacial score (nSPS) is 12.2. The number of benzene rings is 2. The number of nitrogens with one attached hydrogen (secondary N) is 1. The molecule has 0 spiro atoms. The van der Waals surface area contributed by atoms with Gasteiger partial charge in [-0.05, 0) is 66.4 Å². The molecule has 0 saturated heterocycles. The molecule has 0 bridgehead atoms. The molecule has 0 aromatic heterocycles. The van der Waals surface area contributed by atoms with Crippen LogP contribution in [0, 0.1) is 9.39 Å². The van der Waals surface area contributed by atoms with Crippen molar-refractivity contribution in [1.82, 2.24) is 5.32 Å². The van der Waals surface area contributed by atoms with Gasteiger partial charge in [0.1, 0.15) is 5.75 Å². The first kappa shape index (κ1) is 14.3. The maximum Gasteiger partial charge on any atom is 0.166 e. The van der Waals surface area contributed by atoms with Gasteiger partial charge in [-0.1, -0.05) is 18.2 Å². The van der Waals surface area contributed by atoms with Crippen LogP contribution in [-0.2, 0) is 0 Å². The van der Waals surface area contributed by atoms with Crippen LogP contribution in [0.15, 0.2) is 42.5 Å². The summed E-state index contributed by atoms with van der Waals surface area (Å²) in [6.45, 7) is 1.98. The Hall–Kier alpha value is -1.14. The van der Waals surface area contributed by atoms with E-state index in [0.29, 0.717) is 5.75 Å². The number of hydrogen-bond acceptors (Lipinski definition) is 2. The molecule has 19 heavy (non-hydrogen) atoms. The van der Waals surface area contributed by atoms with Gasteiger partial charge in [-0.3, -0.25) is 0 Å². The molecule has 0 aliphatic rings.